The van der Waals surface area contributed by atoms with Crippen LogP contribution in [0.2, 0.25) is 0 Å². The van der Waals surface area contributed by atoms with E-state index in [0.717, 1.165) is 0 Å². The van der Waals surface area contributed by atoms with Crippen LogP contribution < -0.4 is 10.1 Å². The van der Waals surface area contributed by atoms with Crippen molar-refractivity contribution in [1.82, 2.24) is 10.2 Å². The van der Waals surface area contributed by atoms with E-state index in [-0.39, 0.29) is 29.5 Å². The summed E-state index contributed by atoms with van der Waals surface area (Å²) in [6.45, 7) is -1.84. The van der Waals surface area contributed by atoms with E-state index in [2.05, 4.69) is 10.1 Å². The van der Waals surface area contributed by atoms with Crippen molar-refractivity contribution >= 4 is 11.8 Å². The van der Waals surface area contributed by atoms with Crippen molar-refractivity contribution in [2.75, 3.05) is 19.6 Å². The van der Waals surface area contributed by atoms with Gasteiger partial charge in [0.15, 0.2) is 0 Å². The topological polar surface area (TPSA) is 58.6 Å². The number of carbonyl (C=O) groups excluding carboxylic acids is 2. The number of benzene rings is 1. The molecule has 1 heterocycles. The first-order valence-corrected chi connectivity index (χ1v) is 6.17. The van der Waals surface area contributed by atoms with E-state index in [1.807, 2.05) is 0 Å². The molecule has 5 nitrogen and oxygen atoms in total. The highest BCUT2D eigenvalue weighted by molar-refractivity contribution is 5.95. The van der Waals surface area contributed by atoms with Crippen LogP contribution in [0.25, 0.3) is 0 Å². The number of carbonyl (C=O) groups is 2. The van der Waals surface area contributed by atoms with Crippen molar-refractivity contribution < 1.29 is 23.1 Å². The molecule has 1 aromatic rings. The molecule has 7 heteroatoms. The number of hydrogen-bond acceptors (Lipinski definition) is 3. The van der Waals surface area contributed by atoms with E-state index in [4.69, 9.17) is 0 Å². The maximum atomic E-state index is 12.2. The standard InChI is InChI=1S/C13H14F2N2O3/c14-13(15)20-10-3-1-2-9(8-10)12(19)17-6-4-11(18)16-5-7-17/h1-3,8,13H,4-7H2,(H,16,18). The van der Waals surface area contributed by atoms with Gasteiger partial charge in [-0.1, -0.05) is 6.07 Å². The molecule has 0 spiro atoms. The minimum atomic E-state index is -2.93. The molecule has 1 saturated heterocycles. The highest BCUT2D eigenvalue weighted by atomic mass is 19.3. The number of alkyl halides is 2. The summed E-state index contributed by atoms with van der Waals surface area (Å²) >= 11 is 0. The van der Waals surface area contributed by atoms with Crippen molar-refractivity contribution in [3.05, 3.63) is 29.8 Å². The Morgan fingerprint density at radius 1 is 1.35 bits per heavy atom. The van der Waals surface area contributed by atoms with Crippen LogP contribution in [0.4, 0.5) is 8.78 Å². The molecule has 2 rings (SSSR count). The quantitative estimate of drug-likeness (QED) is 0.908. The van der Waals surface area contributed by atoms with Gasteiger partial charge < -0.3 is 15.0 Å². The molecule has 0 unspecified atom stereocenters. The van der Waals surface area contributed by atoms with Gasteiger partial charge in [-0.15, -0.1) is 0 Å². The Morgan fingerprint density at radius 2 is 2.15 bits per heavy atom. The summed E-state index contributed by atoms with van der Waals surface area (Å²) in [7, 11) is 0. The van der Waals surface area contributed by atoms with Gasteiger partial charge in [0.2, 0.25) is 5.91 Å². The van der Waals surface area contributed by atoms with Gasteiger partial charge in [-0.2, -0.15) is 8.78 Å². The lowest BCUT2D eigenvalue weighted by atomic mass is 10.2. The first-order chi connectivity index (χ1) is 9.56. The summed E-state index contributed by atoms with van der Waals surface area (Å²) in [4.78, 5) is 25.0. The fraction of sp³-hybridized carbons (Fsp3) is 0.385. The van der Waals surface area contributed by atoms with Crippen molar-refractivity contribution in [1.29, 1.82) is 0 Å². The first-order valence-electron chi connectivity index (χ1n) is 6.17. The zero-order chi connectivity index (χ0) is 14.5. The molecule has 1 aliphatic heterocycles. The fourth-order valence-electron chi connectivity index (χ4n) is 1.96. The summed E-state index contributed by atoms with van der Waals surface area (Å²) < 4.78 is 28.5. The van der Waals surface area contributed by atoms with Crippen LogP contribution in [0.1, 0.15) is 16.8 Å². The summed E-state index contributed by atoms with van der Waals surface area (Å²) in [5, 5.41) is 2.66. The lowest BCUT2D eigenvalue weighted by Crippen LogP contribution is -2.34. The third-order valence-corrected chi connectivity index (χ3v) is 2.91. The molecule has 1 N–H and O–H groups in total. The summed E-state index contributed by atoms with van der Waals surface area (Å²) in [5.74, 6) is -0.467. The van der Waals surface area contributed by atoms with E-state index in [1.165, 1.54) is 29.2 Å². The zero-order valence-corrected chi connectivity index (χ0v) is 10.6. The molecule has 1 aromatic carbocycles. The molecule has 108 valence electrons. The van der Waals surface area contributed by atoms with E-state index < -0.39 is 6.61 Å². The van der Waals surface area contributed by atoms with Crippen LogP contribution in [0.5, 0.6) is 5.75 Å². The van der Waals surface area contributed by atoms with Crippen LogP contribution in [0.3, 0.4) is 0 Å². The van der Waals surface area contributed by atoms with E-state index in [1.54, 1.807) is 0 Å². The van der Waals surface area contributed by atoms with Crippen molar-refractivity contribution in [3.63, 3.8) is 0 Å². The van der Waals surface area contributed by atoms with Crippen LogP contribution in [0, 0.1) is 0 Å². The number of rotatable bonds is 3. The van der Waals surface area contributed by atoms with Gasteiger partial charge in [0.25, 0.3) is 5.91 Å². The van der Waals surface area contributed by atoms with Gasteiger partial charge >= 0.3 is 6.61 Å². The second-order valence-electron chi connectivity index (χ2n) is 4.30. The van der Waals surface area contributed by atoms with Crippen LogP contribution in [0.15, 0.2) is 24.3 Å². The third-order valence-electron chi connectivity index (χ3n) is 2.91. The van der Waals surface area contributed by atoms with Gasteiger partial charge in [-0.25, -0.2) is 0 Å². The van der Waals surface area contributed by atoms with E-state index in [0.29, 0.717) is 19.6 Å². The third kappa shape index (κ3) is 3.66. The molecule has 0 saturated carbocycles. The molecular weight excluding hydrogens is 270 g/mol. The minimum Gasteiger partial charge on any atom is -0.435 e. The average Bonchev–Trinajstić information content (AvgIpc) is 2.62. The fourth-order valence-corrected chi connectivity index (χ4v) is 1.96. The molecule has 0 aromatic heterocycles. The van der Waals surface area contributed by atoms with Gasteiger partial charge in [-0.3, -0.25) is 9.59 Å². The molecule has 1 aliphatic rings. The number of nitrogens with one attached hydrogen (secondary N) is 1. The average molecular weight is 284 g/mol. The highest BCUT2D eigenvalue weighted by Gasteiger charge is 2.20. The van der Waals surface area contributed by atoms with Crippen LogP contribution in [-0.4, -0.2) is 43.0 Å². The number of hydrogen-bond donors (Lipinski definition) is 1. The molecule has 0 radical (unpaired) electrons. The van der Waals surface area contributed by atoms with E-state index in [9.17, 15) is 18.4 Å². The normalized spacial score (nSPS) is 15.8. The lowest BCUT2D eigenvalue weighted by Gasteiger charge is -2.19. The Labute approximate surface area is 114 Å². The number of amides is 2. The second kappa shape index (κ2) is 6.31. The Balaban J connectivity index is 2.10. The minimum absolute atomic E-state index is 0.0603. The SMILES string of the molecule is O=C1CCN(C(=O)c2cccc(OC(F)F)c2)CCN1. The van der Waals surface area contributed by atoms with Crippen LogP contribution in [-0.2, 0) is 4.79 Å². The summed E-state index contributed by atoms with van der Waals surface area (Å²) in [5.41, 5.74) is 0.262. The summed E-state index contributed by atoms with van der Waals surface area (Å²) in [6, 6.07) is 5.64. The second-order valence-corrected chi connectivity index (χ2v) is 4.30. The van der Waals surface area contributed by atoms with Gasteiger partial charge in [-0.05, 0) is 18.2 Å². The molecule has 20 heavy (non-hydrogen) atoms. The molecule has 0 bridgehead atoms. The Hall–Kier alpha value is -2.18. The van der Waals surface area contributed by atoms with Crippen molar-refractivity contribution in [2.24, 2.45) is 0 Å². The van der Waals surface area contributed by atoms with Crippen LogP contribution >= 0.6 is 0 Å². The maximum Gasteiger partial charge on any atom is 0.387 e. The van der Waals surface area contributed by atoms with Gasteiger partial charge in [0.05, 0.1) is 0 Å². The maximum absolute atomic E-state index is 12.2. The highest BCUT2D eigenvalue weighted by Crippen LogP contribution is 2.17. The first kappa shape index (κ1) is 14.2. The van der Waals surface area contributed by atoms with Crippen molar-refractivity contribution in [3.8, 4) is 5.75 Å². The molecular formula is C13H14F2N2O3. The number of ether oxygens (including phenoxy) is 1. The van der Waals surface area contributed by atoms with Gasteiger partial charge in [0.1, 0.15) is 5.75 Å². The molecule has 1 fully saturated rings. The Bertz CT molecular complexity index is 508. The molecule has 0 atom stereocenters. The number of halogens is 2. The predicted octanol–water partition coefficient (Wildman–Crippen LogP) is 1.25. The Kier molecular flexibility index (Phi) is 4.49. The zero-order valence-electron chi connectivity index (χ0n) is 10.6. The smallest absolute Gasteiger partial charge is 0.387 e. The largest absolute Gasteiger partial charge is 0.435 e. The molecule has 2 amide bonds. The monoisotopic (exact) mass is 284 g/mol. The Morgan fingerprint density at radius 3 is 2.90 bits per heavy atom. The lowest BCUT2D eigenvalue weighted by molar-refractivity contribution is -0.120. The summed E-state index contributed by atoms with van der Waals surface area (Å²) in [6.07, 6.45) is 0.235. The predicted molar refractivity (Wildman–Crippen MR) is 66.6 cm³/mol. The molecule has 0 aliphatic carbocycles. The van der Waals surface area contributed by atoms with Crippen molar-refractivity contribution in [2.45, 2.75) is 13.0 Å². The van der Waals surface area contributed by atoms with E-state index >= 15 is 0 Å². The number of nitrogens with zero attached hydrogens (tertiary/aromatic N) is 1. The van der Waals surface area contributed by atoms with Gasteiger partial charge in [0, 0.05) is 31.6 Å².